The molecule has 8 nitrogen and oxygen atoms in total. The fourth-order valence-electron chi connectivity index (χ4n) is 9.50. The van der Waals surface area contributed by atoms with Crippen molar-refractivity contribution < 1.29 is 69.0 Å². The van der Waals surface area contributed by atoms with Crippen LogP contribution in [0.25, 0.3) is 0 Å². The monoisotopic (exact) mass is 792 g/mol. The zero-order valence-electron chi connectivity index (χ0n) is 35.7. The molecule has 2 saturated carbocycles. The van der Waals surface area contributed by atoms with Crippen molar-refractivity contribution in [3.63, 3.8) is 0 Å². The van der Waals surface area contributed by atoms with Gasteiger partial charge in [-0.15, -0.1) is 11.8 Å². The van der Waals surface area contributed by atoms with Gasteiger partial charge in [0.25, 0.3) is 0 Å². The first kappa shape index (κ1) is 46.9. The molecule has 1 unspecified atom stereocenters. The van der Waals surface area contributed by atoms with Gasteiger partial charge in [-0.25, -0.2) is 0 Å². The van der Waals surface area contributed by atoms with Gasteiger partial charge in [0, 0.05) is 66.5 Å². The first-order valence-corrected chi connectivity index (χ1v) is 21.1. The number of aliphatic hydroxyl groups is 2. The molecule has 2 aliphatic carbocycles. The second-order valence-electron chi connectivity index (χ2n) is 17.9. The third-order valence-corrected chi connectivity index (χ3v) is 12.9. The van der Waals surface area contributed by atoms with Gasteiger partial charge in [-0.2, -0.15) is 0 Å². The summed E-state index contributed by atoms with van der Waals surface area (Å²) in [6.45, 7) is 14.7. The van der Waals surface area contributed by atoms with Crippen LogP contribution in [-0.2, 0) is 21.4 Å². The van der Waals surface area contributed by atoms with Gasteiger partial charge < -0.3 is 34.7 Å². The average molecular weight is 793 g/mol. The van der Waals surface area contributed by atoms with Crippen molar-refractivity contribution in [1.29, 1.82) is 0 Å². The Hall–Kier alpha value is -2.80. The minimum atomic E-state index is -1.04. The van der Waals surface area contributed by atoms with Crippen molar-refractivity contribution in [2.45, 2.75) is 173 Å². The van der Waals surface area contributed by atoms with Crippen molar-refractivity contribution in [2.24, 2.45) is 17.8 Å². The largest absolute Gasteiger partial charge is 1.00 e. The summed E-state index contributed by atoms with van der Waals surface area (Å²) in [7, 11) is 0. The molecule has 8 atom stereocenters. The molecule has 2 aromatic carbocycles. The van der Waals surface area contributed by atoms with Crippen molar-refractivity contribution in [3.8, 4) is 29.1 Å². The normalized spacial score (nSPS) is 25.1. The minimum absolute atomic E-state index is 0. The van der Waals surface area contributed by atoms with E-state index in [1.165, 1.54) is 25.7 Å². The molecule has 57 heavy (non-hydrogen) atoms. The third kappa shape index (κ3) is 11.3. The molecular formula is C48H65NaO8. The molecule has 2 heterocycles. The summed E-state index contributed by atoms with van der Waals surface area (Å²) in [6, 6.07) is 10.0. The van der Waals surface area contributed by atoms with E-state index in [9.17, 15) is 30.0 Å². The zero-order valence-corrected chi connectivity index (χ0v) is 37.7. The summed E-state index contributed by atoms with van der Waals surface area (Å²) < 4.78 is 12.6. The molecule has 4 aliphatic rings. The van der Waals surface area contributed by atoms with Crippen molar-refractivity contribution in [2.75, 3.05) is 0 Å². The molecule has 0 saturated heterocycles. The molecular weight excluding hydrogens is 728 g/mol. The fraction of sp³-hybridized carbons (Fsp3) is 0.625. The molecule has 0 spiro atoms. The number of aromatic hydroxyl groups is 1. The number of phenolic OH excluding ortho intramolecular Hbond substituents is 1. The molecule has 306 valence electrons. The van der Waals surface area contributed by atoms with Crippen molar-refractivity contribution >= 4 is 11.8 Å². The summed E-state index contributed by atoms with van der Waals surface area (Å²) in [5.41, 5.74) is 3.74. The van der Waals surface area contributed by atoms with E-state index in [2.05, 4.69) is 52.5 Å². The Balaban J connectivity index is 0.000000249. The number of hydrogen-bond donors (Lipinski definition) is 3. The van der Waals surface area contributed by atoms with Gasteiger partial charge in [0.2, 0.25) is 0 Å². The number of ether oxygens (including phenoxy) is 2. The van der Waals surface area contributed by atoms with E-state index in [0.29, 0.717) is 50.1 Å². The Morgan fingerprint density at radius 2 is 1.91 bits per heavy atom. The number of carbonyl (C=O) groups is 2. The Bertz CT molecular complexity index is 1790. The Morgan fingerprint density at radius 1 is 1.16 bits per heavy atom. The summed E-state index contributed by atoms with van der Waals surface area (Å²) in [5, 5.41) is 42.6. The van der Waals surface area contributed by atoms with Gasteiger partial charge in [-0.3, -0.25) is 4.79 Å². The van der Waals surface area contributed by atoms with Gasteiger partial charge in [0.1, 0.15) is 34.7 Å². The van der Waals surface area contributed by atoms with Crippen LogP contribution in [0.4, 0.5) is 0 Å². The maximum absolute atomic E-state index is 12.1. The van der Waals surface area contributed by atoms with E-state index in [4.69, 9.17) is 9.47 Å². The third-order valence-electron chi connectivity index (χ3n) is 12.9. The van der Waals surface area contributed by atoms with Gasteiger partial charge in [0.05, 0.1) is 12.2 Å². The number of aliphatic hydroxyl groups excluding tert-OH is 2. The standard InChI is InChI=1S/C24H30O5.C24H36O3.Na/c1-3-4-7-15(2)19(25)13-12-17-20(26)14-21-23(17)18-10-5-8-16(24(18)29-21)9-6-11-22(27)28;1-6-7-8-9-12-23(2,3)16-13-20(26)22-18-15-17(25)10-11-19(18)24(4,5)27-21(22)14-16;/h5,8,10,12-13,15,17,19-21,23,25-26H,6-7,9,11,14H2,1-2H3,(H,27,28);13-14,18-19,26H,6-12,15H2,1-5H3;/q;;+1/p-1/b13-12+;;/t15?,17-,19+,20+,21-,23-;18-,19-;/m01./s1. The van der Waals surface area contributed by atoms with Crippen LogP contribution in [0.1, 0.15) is 160 Å². The van der Waals surface area contributed by atoms with Crippen LogP contribution in [0.5, 0.6) is 17.2 Å². The van der Waals surface area contributed by atoms with Gasteiger partial charge in [-0.1, -0.05) is 83.7 Å². The molecule has 2 fully saturated rings. The number of aryl methyl sites for hydroxylation is 1. The van der Waals surface area contributed by atoms with E-state index in [-0.39, 0.29) is 82.7 Å². The summed E-state index contributed by atoms with van der Waals surface area (Å²) >= 11 is 0. The SMILES string of the molecule is CC#CCC(C)[C@H](O)/C=C/[C@@H]1[C@H]2c3cccc(CCCC(=O)[O-])c3O[C@H]2C[C@H]1O.CCCCCCC(C)(C)c1cc(O)c2c(c1)OC(C)(C)[C@@H]1CCC(=O)C[C@@H]21.[Na+]. The fourth-order valence-corrected chi connectivity index (χ4v) is 9.50. The maximum Gasteiger partial charge on any atom is 1.00 e. The molecule has 2 aliphatic heterocycles. The maximum atomic E-state index is 12.1. The van der Waals surface area contributed by atoms with Crippen LogP contribution in [-0.4, -0.2) is 51.0 Å². The van der Waals surface area contributed by atoms with E-state index in [1.807, 2.05) is 37.3 Å². The molecule has 0 radical (unpaired) electrons. The minimum Gasteiger partial charge on any atom is -0.550 e. The number of para-hydroxylation sites is 1. The Morgan fingerprint density at radius 3 is 2.61 bits per heavy atom. The number of hydrogen-bond acceptors (Lipinski definition) is 8. The molecule has 0 bridgehead atoms. The molecule has 3 N–H and O–H groups in total. The Kier molecular flexibility index (Phi) is 16.8. The average Bonchev–Trinajstić information content (AvgIpc) is 3.65. The number of unbranched alkanes of at least 4 members (excludes halogenated alkanes) is 3. The molecule has 9 heteroatoms. The van der Waals surface area contributed by atoms with Gasteiger partial charge in [0.15, 0.2) is 0 Å². The van der Waals surface area contributed by atoms with Crippen LogP contribution in [0.15, 0.2) is 42.5 Å². The van der Waals surface area contributed by atoms with Crippen molar-refractivity contribution in [1.82, 2.24) is 0 Å². The number of benzene rings is 2. The first-order chi connectivity index (χ1) is 26.6. The van der Waals surface area contributed by atoms with E-state index < -0.39 is 18.2 Å². The second-order valence-corrected chi connectivity index (χ2v) is 17.9. The quantitative estimate of drug-likeness (QED) is 0.103. The predicted molar refractivity (Wildman–Crippen MR) is 218 cm³/mol. The molecule has 0 amide bonds. The number of ketones is 1. The number of aliphatic carboxylic acids is 1. The molecule has 2 aromatic rings. The number of carbonyl (C=O) groups excluding carboxylic acids is 2. The number of carboxylic acids is 1. The van der Waals surface area contributed by atoms with E-state index in [0.717, 1.165) is 46.6 Å². The number of fused-ring (bicyclic) bond motifs is 6. The first-order valence-electron chi connectivity index (χ1n) is 21.1. The summed E-state index contributed by atoms with van der Waals surface area (Å²) in [5.74, 6) is 7.32. The second kappa shape index (κ2) is 20.4. The zero-order chi connectivity index (χ0) is 40.8. The van der Waals surface area contributed by atoms with Crippen LogP contribution >= 0.6 is 0 Å². The topological polar surface area (TPSA) is 136 Å². The van der Waals surface area contributed by atoms with Gasteiger partial charge >= 0.3 is 29.6 Å². The number of phenols is 1. The molecule has 6 rings (SSSR count). The number of carboxylic acid groups (broad SMARTS) is 1. The summed E-state index contributed by atoms with van der Waals surface area (Å²) in [6.07, 6.45) is 12.9. The predicted octanol–water partition coefficient (Wildman–Crippen LogP) is 5.22. The Labute approximate surface area is 363 Å². The molecule has 0 aromatic heterocycles. The van der Waals surface area contributed by atoms with Crippen LogP contribution < -0.4 is 44.1 Å². The van der Waals surface area contributed by atoms with Crippen LogP contribution in [0.2, 0.25) is 0 Å². The van der Waals surface area contributed by atoms with Crippen molar-refractivity contribution in [3.05, 3.63) is 64.7 Å². The smallest absolute Gasteiger partial charge is 0.550 e. The number of rotatable bonds is 14. The number of Topliss-reactive ketones (excluding diaryl/α,β-unsaturated/α-hetero) is 1. The summed E-state index contributed by atoms with van der Waals surface area (Å²) in [4.78, 5) is 22.8. The van der Waals surface area contributed by atoms with Crippen LogP contribution in [0.3, 0.4) is 0 Å². The van der Waals surface area contributed by atoms with E-state index in [1.54, 1.807) is 13.0 Å². The van der Waals surface area contributed by atoms with E-state index >= 15 is 0 Å². The van der Waals surface area contributed by atoms with Crippen LogP contribution in [0, 0.1) is 29.6 Å². The van der Waals surface area contributed by atoms with Gasteiger partial charge in [-0.05, 0) is 87.5 Å².